The maximum absolute atomic E-state index is 14.9. The van der Waals surface area contributed by atoms with Crippen molar-refractivity contribution in [2.24, 2.45) is 5.92 Å². The second-order valence-corrected chi connectivity index (χ2v) is 10.2. The molecule has 4 aromatic carbocycles. The van der Waals surface area contributed by atoms with Gasteiger partial charge in [0, 0.05) is 0 Å². The Morgan fingerprint density at radius 3 is 1.77 bits per heavy atom. The highest BCUT2D eigenvalue weighted by Gasteiger charge is 2.22. The van der Waals surface area contributed by atoms with Crippen LogP contribution in [0.5, 0.6) is 5.75 Å². The van der Waals surface area contributed by atoms with Gasteiger partial charge in [-0.15, -0.1) is 0 Å². The summed E-state index contributed by atoms with van der Waals surface area (Å²) in [6, 6.07) is 18.2. The van der Waals surface area contributed by atoms with Crippen molar-refractivity contribution < 1.29 is 31.4 Å². The fraction of sp³-hybridized carbons (Fsp3) is 0.273. The lowest BCUT2D eigenvalue weighted by Crippen LogP contribution is -2.20. The normalized spacial score (nSPS) is 17.1. The smallest absolute Gasteiger partial charge is 0.194 e. The van der Waals surface area contributed by atoms with Crippen molar-refractivity contribution in [2.75, 3.05) is 6.61 Å². The molecule has 0 radical (unpaired) electrons. The van der Waals surface area contributed by atoms with Crippen LogP contribution in [0.3, 0.4) is 0 Å². The zero-order valence-electron chi connectivity index (χ0n) is 22.0. The van der Waals surface area contributed by atoms with E-state index in [1.807, 2.05) is 24.3 Å². The Labute approximate surface area is 230 Å². The fourth-order valence-corrected chi connectivity index (χ4v) is 5.13. The van der Waals surface area contributed by atoms with E-state index in [0.717, 1.165) is 43.6 Å². The number of hydrogen-bond acceptors (Lipinski definition) is 2. The lowest BCUT2D eigenvalue weighted by atomic mass is 9.91. The van der Waals surface area contributed by atoms with Crippen molar-refractivity contribution in [1.82, 2.24) is 0 Å². The molecule has 1 heterocycles. The number of ether oxygens (including phenoxy) is 2. The summed E-state index contributed by atoms with van der Waals surface area (Å²) in [7, 11) is 0. The molecule has 2 nitrogen and oxygen atoms in total. The van der Waals surface area contributed by atoms with Gasteiger partial charge in [-0.1, -0.05) is 61.9 Å². The summed E-state index contributed by atoms with van der Waals surface area (Å²) in [5, 5.41) is 0. The molecule has 5 rings (SSSR count). The van der Waals surface area contributed by atoms with Crippen LogP contribution in [0.1, 0.15) is 49.8 Å². The van der Waals surface area contributed by atoms with Crippen LogP contribution in [0, 0.1) is 35.0 Å². The molecule has 208 valence electrons. The number of halogens is 5. The molecule has 0 spiro atoms. The van der Waals surface area contributed by atoms with Crippen LogP contribution >= 0.6 is 0 Å². The van der Waals surface area contributed by atoms with Gasteiger partial charge in [0.25, 0.3) is 0 Å². The van der Waals surface area contributed by atoms with E-state index >= 15 is 0 Å². The topological polar surface area (TPSA) is 18.5 Å². The molecule has 4 aromatic rings. The van der Waals surface area contributed by atoms with Crippen LogP contribution < -0.4 is 4.74 Å². The highest BCUT2D eigenvalue weighted by Crippen LogP contribution is 2.35. The second-order valence-electron chi connectivity index (χ2n) is 10.2. The summed E-state index contributed by atoms with van der Waals surface area (Å²) < 4.78 is 81.5. The number of benzene rings is 4. The van der Waals surface area contributed by atoms with E-state index in [9.17, 15) is 22.0 Å². The van der Waals surface area contributed by atoms with Gasteiger partial charge in [-0.3, -0.25) is 0 Å². The molecule has 1 fully saturated rings. The van der Waals surface area contributed by atoms with Gasteiger partial charge in [0.1, 0.15) is 6.61 Å². The molecule has 1 saturated heterocycles. The summed E-state index contributed by atoms with van der Waals surface area (Å²) in [5.41, 5.74) is 3.32. The molecular formula is C33H29F5O2. The summed E-state index contributed by atoms with van der Waals surface area (Å²) >= 11 is 0. The third-order valence-corrected chi connectivity index (χ3v) is 7.34. The van der Waals surface area contributed by atoms with E-state index in [-0.39, 0.29) is 18.3 Å². The van der Waals surface area contributed by atoms with Crippen molar-refractivity contribution in [3.05, 3.63) is 113 Å². The molecule has 7 heteroatoms. The van der Waals surface area contributed by atoms with Gasteiger partial charge in [-0.05, 0) is 82.8 Å². The fourth-order valence-electron chi connectivity index (χ4n) is 5.13. The van der Waals surface area contributed by atoms with Crippen molar-refractivity contribution >= 4 is 0 Å². The molecule has 1 aliphatic heterocycles. The molecule has 0 amide bonds. The molecule has 0 N–H and O–H groups in total. The lowest BCUT2D eigenvalue weighted by molar-refractivity contribution is -0.0194. The monoisotopic (exact) mass is 552 g/mol. The van der Waals surface area contributed by atoms with Crippen molar-refractivity contribution in [3.8, 4) is 28.0 Å². The average molecular weight is 553 g/mol. The summed E-state index contributed by atoms with van der Waals surface area (Å²) in [6.45, 7) is 2.81. The molecule has 0 unspecified atom stereocenters. The Kier molecular flexibility index (Phi) is 8.50. The van der Waals surface area contributed by atoms with Crippen molar-refractivity contribution in [1.29, 1.82) is 0 Å². The van der Waals surface area contributed by atoms with Gasteiger partial charge in [-0.25, -0.2) is 22.0 Å². The molecule has 0 aliphatic carbocycles. The molecule has 0 bridgehead atoms. The van der Waals surface area contributed by atoms with E-state index in [0.29, 0.717) is 28.2 Å². The first-order valence-electron chi connectivity index (χ1n) is 13.4. The van der Waals surface area contributed by atoms with Crippen LogP contribution in [-0.2, 0) is 11.3 Å². The first kappa shape index (κ1) is 27.8. The molecule has 0 aromatic heterocycles. The predicted octanol–water partition coefficient (Wildman–Crippen LogP) is 9.56. The predicted molar refractivity (Wildman–Crippen MR) is 144 cm³/mol. The lowest BCUT2D eigenvalue weighted by Gasteiger charge is -2.29. The minimum absolute atomic E-state index is 0.0403. The molecular weight excluding hydrogens is 523 g/mol. The van der Waals surface area contributed by atoms with Gasteiger partial charge in [0.15, 0.2) is 34.8 Å². The summed E-state index contributed by atoms with van der Waals surface area (Å²) in [4.78, 5) is 0. The van der Waals surface area contributed by atoms with Gasteiger partial charge in [0.2, 0.25) is 0 Å². The maximum Gasteiger partial charge on any atom is 0.194 e. The largest absolute Gasteiger partial charge is 0.483 e. The van der Waals surface area contributed by atoms with Gasteiger partial charge < -0.3 is 9.47 Å². The van der Waals surface area contributed by atoms with Crippen molar-refractivity contribution in [2.45, 2.75) is 45.3 Å². The van der Waals surface area contributed by atoms with Crippen LogP contribution in [0.25, 0.3) is 22.3 Å². The molecule has 0 saturated carbocycles. The molecule has 1 aliphatic rings. The average Bonchev–Trinajstić information content (AvgIpc) is 2.96. The Bertz CT molecular complexity index is 1410. The second kappa shape index (κ2) is 12.2. The molecule has 2 atom stereocenters. The third kappa shape index (κ3) is 6.20. The SMILES string of the molecule is CCC[C@H]1CC[C@H](c2ccc(-c3cc(F)c(OCc4ccc(-c5cc(F)c(F)c(F)c5)cc4)c(F)c3)cc2)OC1. The first-order chi connectivity index (χ1) is 19.3. The van der Waals surface area contributed by atoms with Crippen LogP contribution in [0.15, 0.2) is 72.8 Å². The zero-order valence-corrected chi connectivity index (χ0v) is 22.0. The first-order valence-corrected chi connectivity index (χ1v) is 13.4. The van der Waals surface area contributed by atoms with Crippen LogP contribution in [0.2, 0.25) is 0 Å². The maximum atomic E-state index is 14.9. The van der Waals surface area contributed by atoms with E-state index in [1.165, 1.54) is 18.6 Å². The number of rotatable bonds is 8. The Morgan fingerprint density at radius 2 is 1.25 bits per heavy atom. The standard InChI is InChI=1S/C33H29F5O2/c1-2-3-20-6-13-31(39-18-20)24-11-9-23(10-12-24)26-16-29(36)33(30(37)17-26)40-19-21-4-7-22(8-5-21)25-14-27(34)32(38)28(35)15-25/h4-5,7-12,14-17,20,31H,2-3,6,13,18-19H2,1H3/t20-,31+/m0/s1. The van der Waals surface area contributed by atoms with E-state index in [1.54, 1.807) is 24.3 Å². The van der Waals surface area contributed by atoms with Crippen LogP contribution in [-0.4, -0.2) is 6.61 Å². The van der Waals surface area contributed by atoms with Gasteiger partial charge in [-0.2, -0.15) is 0 Å². The highest BCUT2D eigenvalue weighted by atomic mass is 19.2. The Balaban J connectivity index is 1.23. The minimum atomic E-state index is -1.53. The Morgan fingerprint density at radius 1 is 0.700 bits per heavy atom. The third-order valence-electron chi connectivity index (χ3n) is 7.34. The summed E-state index contributed by atoms with van der Waals surface area (Å²) in [6.07, 6.45) is 4.47. The van der Waals surface area contributed by atoms with E-state index in [2.05, 4.69) is 6.92 Å². The Hall–Kier alpha value is -3.71. The van der Waals surface area contributed by atoms with Gasteiger partial charge in [0.05, 0.1) is 12.7 Å². The number of hydrogen-bond donors (Lipinski definition) is 0. The quantitative estimate of drug-likeness (QED) is 0.160. The summed E-state index contributed by atoms with van der Waals surface area (Å²) in [5.74, 6) is -5.64. The van der Waals surface area contributed by atoms with Crippen LogP contribution in [0.4, 0.5) is 22.0 Å². The van der Waals surface area contributed by atoms with E-state index < -0.39 is 34.8 Å². The highest BCUT2D eigenvalue weighted by molar-refractivity contribution is 5.65. The minimum Gasteiger partial charge on any atom is -0.483 e. The van der Waals surface area contributed by atoms with Gasteiger partial charge >= 0.3 is 0 Å². The molecule has 40 heavy (non-hydrogen) atoms. The van der Waals surface area contributed by atoms with E-state index in [4.69, 9.17) is 9.47 Å². The van der Waals surface area contributed by atoms with Crippen molar-refractivity contribution in [3.63, 3.8) is 0 Å². The zero-order chi connectivity index (χ0) is 28.2.